The number of benzene rings is 3. The van der Waals surface area contributed by atoms with Crippen LogP contribution in [0.5, 0.6) is 5.75 Å². The molecule has 0 unspecified atom stereocenters. The second-order valence-corrected chi connectivity index (χ2v) is 6.85. The molecule has 1 aromatic heterocycles. The minimum atomic E-state index is -0.485. The maximum absolute atomic E-state index is 11.1. The van der Waals surface area contributed by atoms with Crippen molar-refractivity contribution in [2.75, 3.05) is 0 Å². The van der Waals surface area contributed by atoms with Gasteiger partial charge in [0.15, 0.2) is 0 Å². The largest absolute Gasteiger partial charge is 0.507 e. The average Bonchev–Trinajstić information content (AvgIpc) is 2.76. The van der Waals surface area contributed by atoms with Crippen molar-refractivity contribution in [3.05, 3.63) is 99.7 Å². The standard InChI is InChI=1S/C23H17N3O4/c27-23-19(14-25-28)9-15(8-16-10-18-4-1-2-7-22(18)24-13-16)11-21(23)17-5-3-6-20(12-17)26(29)30/h1-7,9-14,27-28H,8H2/b25-14+. The van der Waals surface area contributed by atoms with E-state index in [1.807, 2.05) is 30.3 Å². The molecule has 0 aliphatic heterocycles. The quantitative estimate of drug-likeness (QED) is 0.214. The molecule has 0 aliphatic carbocycles. The molecule has 2 N–H and O–H groups in total. The lowest BCUT2D eigenvalue weighted by Crippen LogP contribution is -1.96. The molecule has 0 amide bonds. The molecule has 148 valence electrons. The van der Waals surface area contributed by atoms with Crippen molar-refractivity contribution in [1.29, 1.82) is 0 Å². The molecule has 7 heteroatoms. The van der Waals surface area contributed by atoms with Crippen LogP contribution in [-0.2, 0) is 6.42 Å². The summed E-state index contributed by atoms with van der Waals surface area (Å²) in [5.41, 5.74) is 3.85. The predicted molar refractivity (Wildman–Crippen MR) is 114 cm³/mol. The maximum Gasteiger partial charge on any atom is 0.270 e. The van der Waals surface area contributed by atoms with Crippen LogP contribution >= 0.6 is 0 Å². The van der Waals surface area contributed by atoms with E-state index < -0.39 is 4.92 Å². The molecular formula is C23H17N3O4. The molecule has 4 aromatic rings. The highest BCUT2D eigenvalue weighted by Gasteiger charge is 2.14. The van der Waals surface area contributed by atoms with E-state index in [1.165, 1.54) is 12.1 Å². The van der Waals surface area contributed by atoms with Crippen molar-refractivity contribution in [3.8, 4) is 16.9 Å². The normalized spacial score (nSPS) is 11.2. The van der Waals surface area contributed by atoms with E-state index in [9.17, 15) is 15.2 Å². The van der Waals surface area contributed by atoms with Gasteiger partial charge < -0.3 is 10.3 Å². The van der Waals surface area contributed by atoms with Gasteiger partial charge in [-0.2, -0.15) is 0 Å². The first kappa shape index (κ1) is 19.1. The van der Waals surface area contributed by atoms with Crippen LogP contribution in [-0.4, -0.2) is 26.4 Å². The Morgan fingerprint density at radius 2 is 1.87 bits per heavy atom. The first-order valence-electron chi connectivity index (χ1n) is 9.17. The SMILES string of the molecule is O=[N+]([O-])c1cccc(-c2cc(Cc3cnc4ccccc4c3)cc(/C=N/O)c2O)c1. The predicted octanol–water partition coefficient (Wildman–Crippen LogP) is 4.91. The number of aromatic hydroxyl groups is 1. The minimum absolute atomic E-state index is 0.0755. The van der Waals surface area contributed by atoms with Gasteiger partial charge in [0.2, 0.25) is 0 Å². The fourth-order valence-corrected chi connectivity index (χ4v) is 3.44. The Morgan fingerprint density at radius 3 is 2.67 bits per heavy atom. The Bertz CT molecular complexity index is 1280. The second kappa shape index (κ2) is 8.00. The number of rotatable bonds is 5. The number of non-ortho nitro benzene ring substituents is 1. The summed E-state index contributed by atoms with van der Waals surface area (Å²) in [6.07, 6.45) is 3.45. The Balaban J connectivity index is 1.80. The van der Waals surface area contributed by atoms with Crippen molar-refractivity contribution in [3.63, 3.8) is 0 Å². The van der Waals surface area contributed by atoms with E-state index in [0.717, 1.165) is 28.2 Å². The molecule has 0 spiro atoms. The number of hydrogen-bond acceptors (Lipinski definition) is 6. The Labute approximate surface area is 171 Å². The van der Waals surface area contributed by atoms with Crippen LogP contribution in [0.15, 0.2) is 78.1 Å². The smallest absolute Gasteiger partial charge is 0.270 e. The number of nitro groups is 1. The average molecular weight is 399 g/mol. The van der Waals surface area contributed by atoms with Crippen LogP contribution in [0.4, 0.5) is 5.69 Å². The number of fused-ring (bicyclic) bond motifs is 1. The zero-order valence-electron chi connectivity index (χ0n) is 15.8. The highest BCUT2D eigenvalue weighted by molar-refractivity contribution is 5.89. The fourth-order valence-electron chi connectivity index (χ4n) is 3.44. The second-order valence-electron chi connectivity index (χ2n) is 6.85. The van der Waals surface area contributed by atoms with E-state index in [1.54, 1.807) is 30.5 Å². The molecule has 0 fully saturated rings. The van der Waals surface area contributed by atoms with Crippen molar-refractivity contribution < 1.29 is 15.2 Å². The number of aromatic nitrogens is 1. The van der Waals surface area contributed by atoms with E-state index >= 15 is 0 Å². The number of para-hydroxylation sites is 1. The van der Waals surface area contributed by atoms with Gasteiger partial charge in [0.1, 0.15) is 5.75 Å². The van der Waals surface area contributed by atoms with Gasteiger partial charge in [-0.05, 0) is 47.4 Å². The third kappa shape index (κ3) is 3.81. The van der Waals surface area contributed by atoms with E-state index in [4.69, 9.17) is 5.21 Å². The maximum atomic E-state index is 11.1. The number of oxime groups is 1. The highest BCUT2D eigenvalue weighted by atomic mass is 16.6. The third-order valence-electron chi connectivity index (χ3n) is 4.82. The van der Waals surface area contributed by atoms with Gasteiger partial charge in [-0.3, -0.25) is 15.1 Å². The lowest BCUT2D eigenvalue weighted by Gasteiger charge is -2.12. The van der Waals surface area contributed by atoms with Gasteiger partial charge in [-0.25, -0.2) is 0 Å². The van der Waals surface area contributed by atoms with Gasteiger partial charge in [0, 0.05) is 34.8 Å². The first-order valence-corrected chi connectivity index (χ1v) is 9.17. The summed E-state index contributed by atoms with van der Waals surface area (Å²) in [5.74, 6) is -0.117. The number of phenols is 1. The Morgan fingerprint density at radius 1 is 1.03 bits per heavy atom. The number of pyridine rings is 1. The molecule has 4 rings (SSSR count). The van der Waals surface area contributed by atoms with Crippen molar-refractivity contribution in [2.45, 2.75) is 6.42 Å². The number of hydrogen-bond donors (Lipinski definition) is 2. The van der Waals surface area contributed by atoms with Crippen molar-refractivity contribution in [1.82, 2.24) is 4.98 Å². The highest BCUT2D eigenvalue weighted by Crippen LogP contribution is 2.35. The minimum Gasteiger partial charge on any atom is -0.507 e. The Kier molecular flexibility index (Phi) is 5.09. The van der Waals surface area contributed by atoms with Crippen molar-refractivity contribution in [2.24, 2.45) is 5.16 Å². The zero-order chi connectivity index (χ0) is 21.1. The molecule has 0 saturated heterocycles. The summed E-state index contributed by atoms with van der Waals surface area (Å²) in [7, 11) is 0. The number of nitro benzene ring substituents is 1. The fraction of sp³-hybridized carbons (Fsp3) is 0.0435. The first-order chi connectivity index (χ1) is 14.5. The molecule has 30 heavy (non-hydrogen) atoms. The summed E-state index contributed by atoms with van der Waals surface area (Å²) in [6, 6.07) is 19.4. The number of nitrogens with zero attached hydrogens (tertiary/aromatic N) is 3. The molecule has 0 radical (unpaired) electrons. The molecule has 0 atom stereocenters. The lowest BCUT2D eigenvalue weighted by atomic mass is 9.95. The summed E-state index contributed by atoms with van der Waals surface area (Å²) >= 11 is 0. The molecule has 7 nitrogen and oxygen atoms in total. The van der Waals surface area contributed by atoms with Crippen LogP contribution in [0.1, 0.15) is 16.7 Å². The zero-order valence-corrected chi connectivity index (χ0v) is 15.8. The van der Waals surface area contributed by atoms with Gasteiger partial charge in [0.05, 0.1) is 16.7 Å². The summed E-state index contributed by atoms with van der Waals surface area (Å²) in [5, 5.41) is 34.8. The van der Waals surface area contributed by atoms with Gasteiger partial charge in [-0.15, -0.1) is 0 Å². The van der Waals surface area contributed by atoms with Gasteiger partial charge in [-0.1, -0.05) is 35.5 Å². The van der Waals surface area contributed by atoms with E-state index in [0.29, 0.717) is 23.1 Å². The summed E-state index contributed by atoms with van der Waals surface area (Å²) in [6.45, 7) is 0. The Hall–Kier alpha value is -4.26. The molecular weight excluding hydrogens is 382 g/mol. The van der Waals surface area contributed by atoms with E-state index in [-0.39, 0.29) is 11.4 Å². The van der Waals surface area contributed by atoms with Gasteiger partial charge >= 0.3 is 0 Å². The molecule has 3 aromatic carbocycles. The lowest BCUT2D eigenvalue weighted by molar-refractivity contribution is -0.384. The molecule has 0 aliphatic rings. The molecule has 0 saturated carbocycles. The monoisotopic (exact) mass is 399 g/mol. The van der Waals surface area contributed by atoms with Crippen LogP contribution in [0.3, 0.4) is 0 Å². The van der Waals surface area contributed by atoms with Crippen LogP contribution in [0.2, 0.25) is 0 Å². The van der Waals surface area contributed by atoms with Crippen LogP contribution in [0, 0.1) is 10.1 Å². The molecule has 0 bridgehead atoms. The van der Waals surface area contributed by atoms with Crippen molar-refractivity contribution >= 4 is 22.8 Å². The van der Waals surface area contributed by atoms with Gasteiger partial charge in [0.25, 0.3) is 5.69 Å². The van der Waals surface area contributed by atoms with Crippen LogP contribution < -0.4 is 0 Å². The summed E-state index contributed by atoms with van der Waals surface area (Å²) in [4.78, 5) is 15.1. The summed E-state index contributed by atoms with van der Waals surface area (Å²) < 4.78 is 0. The topological polar surface area (TPSA) is 109 Å². The third-order valence-corrected chi connectivity index (χ3v) is 4.82. The van der Waals surface area contributed by atoms with E-state index in [2.05, 4.69) is 10.1 Å². The van der Waals surface area contributed by atoms with Crippen LogP contribution in [0.25, 0.3) is 22.0 Å². The molecule has 1 heterocycles. The number of phenolic OH excluding ortho intramolecular Hbond substituents is 1.